The quantitative estimate of drug-likeness (QED) is 0.498. The molecule has 0 spiro atoms. The lowest BCUT2D eigenvalue weighted by Gasteiger charge is -2.01. The van der Waals surface area contributed by atoms with E-state index >= 15 is 0 Å². The first-order valence-corrected chi connectivity index (χ1v) is 7.06. The second kappa shape index (κ2) is 4.53. The minimum Gasteiger partial charge on any atom is -0.421 e. The molecule has 0 radical (unpaired) electrons. The fourth-order valence-electron chi connectivity index (χ4n) is 2.18. The normalized spacial score (nSPS) is 11.3. The van der Waals surface area contributed by atoms with E-state index in [1.165, 1.54) is 4.80 Å². The fraction of sp³-hybridized carbons (Fsp3) is 0. The summed E-state index contributed by atoms with van der Waals surface area (Å²) in [6.45, 7) is 0. The van der Waals surface area contributed by atoms with Crippen molar-refractivity contribution in [3.63, 3.8) is 0 Å². The maximum atomic E-state index is 12.1. The monoisotopic (exact) mass is 341 g/mol. The average Bonchev–Trinajstić information content (AvgIpc) is 2.90. The number of hydrogen-bond donors (Lipinski definition) is 0. The van der Waals surface area contributed by atoms with Gasteiger partial charge in [0.15, 0.2) is 5.69 Å². The molecule has 0 aliphatic heterocycles. The lowest BCUT2D eigenvalue weighted by molar-refractivity contribution is 0.546. The molecule has 2 heterocycles. The molecule has 0 amide bonds. The molecule has 21 heavy (non-hydrogen) atoms. The first kappa shape index (κ1) is 12.3. The van der Waals surface area contributed by atoms with Gasteiger partial charge in [0, 0.05) is 9.86 Å². The standard InChI is InChI=1S/C15H8BrN3O2/c16-10-6-5-9-7-13(15(20)21-14(9)8-10)19-17-11-3-1-2-4-12(11)18-19/h1-8H. The maximum absolute atomic E-state index is 12.1. The highest BCUT2D eigenvalue weighted by molar-refractivity contribution is 9.10. The molecule has 102 valence electrons. The van der Waals surface area contributed by atoms with Gasteiger partial charge in [-0.3, -0.25) is 0 Å². The van der Waals surface area contributed by atoms with Gasteiger partial charge < -0.3 is 4.42 Å². The highest BCUT2D eigenvalue weighted by Gasteiger charge is 2.11. The molecule has 5 nitrogen and oxygen atoms in total. The van der Waals surface area contributed by atoms with E-state index in [-0.39, 0.29) is 0 Å². The van der Waals surface area contributed by atoms with Crippen LogP contribution in [-0.2, 0) is 0 Å². The zero-order chi connectivity index (χ0) is 14.4. The summed E-state index contributed by atoms with van der Waals surface area (Å²) in [6, 6.07) is 14.7. The van der Waals surface area contributed by atoms with Crippen molar-refractivity contribution in [2.24, 2.45) is 0 Å². The third-order valence-electron chi connectivity index (χ3n) is 3.18. The number of hydrogen-bond acceptors (Lipinski definition) is 4. The van der Waals surface area contributed by atoms with Crippen LogP contribution >= 0.6 is 15.9 Å². The molecule has 4 aromatic rings. The summed E-state index contributed by atoms with van der Waals surface area (Å²) in [6.07, 6.45) is 0. The first-order valence-electron chi connectivity index (χ1n) is 6.26. The van der Waals surface area contributed by atoms with Gasteiger partial charge in [0.25, 0.3) is 0 Å². The molecule has 4 rings (SSSR count). The Morgan fingerprint density at radius 3 is 2.43 bits per heavy atom. The molecule has 2 aromatic carbocycles. The third kappa shape index (κ3) is 2.04. The van der Waals surface area contributed by atoms with Crippen molar-refractivity contribution in [1.82, 2.24) is 15.0 Å². The molecule has 0 atom stereocenters. The smallest absolute Gasteiger partial charge is 0.364 e. The zero-order valence-corrected chi connectivity index (χ0v) is 12.2. The van der Waals surface area contributed by atoms with E-state index in [0.29, 0.717) is 11.3 Å². The highest BCUT2D eigenvalue weighted by Crippen LogP contribution is 2.20. The summed E-state index contributed by atoms with van der Waals surface area (Å²) in [5.74, 6) is 0. The van der Waals surface area contributed by atoms with E-state index in [1.54, 1.807) is 12.1 Å². The van der Waals surface area contributed by atoms with Crippen molar-refractivity contribution in [3.05, 3.63) is 63.4 Å². The van der Waals surface area contributed by atoms with Gasteiger partial charge >= 0.3 is 5.63 Å². The second-order valence-electron chi connectivity index (χ2n) is 4.58. The number of rotatable bonds is 1. The van der Waals surface area contributed by atoms with E-state index in [0.717, 1.165) is 20.9 Å². The van der Waals surface area contributed by atoms with Gasteiger partial charge in [-0.15, -0.1) is 15.0 Å². The van der Waals surface area contributed by atoms with Crippen molar-refractivity contribution in [2.45, 2.75) is 0 Å². The minimum absolute atomic E-state index is 0.293. The van der Waals surface area contributed by atoms with Crippen LogP contribution < -0.4 is 5.63 Å². The largest absolute Gasteiger partial charge is 0.421 e. The lowest BCUT2D eigenvalue weighted by atomic mass is 10.2. The summed E-state index contributed by atoms with van der Waals surface area (Å²) in [5.41, 5.74) is 1.80. The lowest BCUT2D eigenvalue weighted by Crippen LogP contribution is -2.12. The van der Waals surface area contributed by atoms with Gasteiger partial charge in [-0.05, 0) is 30.3 Å². The molecule has 0 unspecified atom stereocenters. The topological polar surface area (TPSA) is 60.9 Å². The third-order valence-corrected chi connectivity index (χ3v) is 3.67. The van der Waals surface area contributed by atoms with Gasteiger partial charge in [0.2, 0.25) is 0 Å². The molecule has 0 bridgehead atoms. The zero-order valence-electron chi connectivity index (χ0n) is 10.7. The van der Waals surface area contributed by atoms with E-state index in [1.807, 2.05) is 36.4 Å². The fourth-order valence-corrected chi connectivity index (χ4v) is 2.52. The predicted octanol–water partition coefficient (Wildman–Crippen LogP) is 3.29. The summed E-state index contributed by atoms with van der Waals surface area (Å²) < 4.78 is 6.19. The molecule has 0 fully saturated rings. The molecular formula is C15H8BrN3O2. The first-order chi connectivity index (χ1) is 10.2. The van der Waals surface area contributed by atoms with E-state index in [2.05, 4.69) is 26.1 Å². The minimum atomic E-state index is -0.471. The highest BCUT2D eigenvalue weighted by atomic mass is 79.9. The Morgan fingerprint density at radius 1 is 1.00 bits per heavy atom. The van der Waals surface area contributed by atoms with Crippen LogP contribution in [0.15, 0.2) is 62.2 Å². The van der Waals surface area contributed by atoms with Crippen LogP contribution in [-0.4, -0.2) is 15.0 Å². The summed E-state index contributed by atoms with van der Waals surface area (Å²) in [4.78, 5) is 13.5. The second-order valence-corrected chi connectivity index (χ2v) is 5.50. The summed E-state index contributed by atoms with van der Waals surface area (Å²) >= 11 is 3.35. The van der Waals surface area contributed by atoms with Crippen LogP contribution in [0.25, 0.3) is 27.7 Å². The number of aromatic nitrogens is 3. The predicted molar refractivity (Wildman–Crippen MR) is 82.6 cm³/mol. The molecule has 0 saturated heterocycles. The van der Waals surface area contributed by atoms with Crippen LogP contribution in [0.4, 0.5) is 0 Å². The van der Waals surface area contributed by atoms with Gasteiger partial charge in [0.1, 0.15) is 16.6 Å². The van der Waals surface area contributed by atoms with Crippen LogP contribution in [0.1, 0.15) is 0 Å². The number of fused-ring (bicyclic) bond motifs is 2. The van der Waals surface area contributed by atoms with E-state index in [4.69, 9.17) is 4.42 Å². The molecule has 0 aliphatic rings. The van der Waals surface area contributed by atoms with Crippen LogP contribution in [0, 0.1) is 0 Å². The van der Waals surface area contributed by atoms with Gasteiger partial charge in [0.05, 0.1) is 0 Å². The van der Waals surface area contributed by atoms with Crippen LogP contribution in [0.2, 0.25) is 0 Å². The Hall–Kier alpha value is -2.47. The van der Waals surface area contributed by atoms with Crippen molar-refractivity contribution in [2.75, 3.05) is 0 Å². The Labute approximate surface area is 126 Å². The van der Waals surface area contributed by atoms with Gasteiger partial charge in [-0.2, -0.15) is 0 Å². The van der Waals surface area contributed by atoms with E-state index in [9.17, 15) is 4.79 Å². The molecule has 0 aliphatic carbocycles. The molecule has 0 N–H and O–H groups in total. The van der Waals surface area contributed by atoms with E-state index < -0.39 is 5.63 Å². The van der Waals surface area contributed by atoms with Crippen molar-refractivity contribution in [1.29, 1.82) is 0 Å². The maximum Gasteiger partial charge on any atom is 0.364 e. The Bertz CT molecular complexity index is 1000. The van der Waals surface area contributed by atoms with Crippen molar-refractivity contribution < 1.29 is 4.42 Å². The number of halogens is 1. The average molecular weight is 342 g/mol. The Balaban J connectivity index is 1.99. The SMILES string of the molecule is O=c1oc2cc(Br)ccc2cc1-n1nc2ccccc2n1. The van der Waals surface area contributed by atoms with Crippen molar-refractivity contribution >= 4 is 37.9 Å². The summed E-state index contributed by atoms with van der Waals surface area (Å²) in [5, 5.41) is 9.42. The molecule has 6 heteroatoms. The Kier molecular flexibility index (Phi) is 2.65. The number of benzene rings is 2. The van der Waals surface area contributed by atoms with Gasteiger partial charge in [-0.25, -0.2) is 4.79 Å². The van der Waals surface area contributed by atoms with Crippen molar-refractivity contribution in [3.8, 4) is 5.69 Å². The molecular weight excluding hydrogens is 334 g/mol. The number of nitrogens with zero attached hydrogens (tertiary/aromatic N) is 3. The van der Waals surface area contributed by atoms with Crippen LogP contribution in [0.3, 0.4) is 0 Å². The summed E-state index contributed by atoms with van der Waals surface area (Å²) in [7, 11) is 0. The van der Waals surface area contributed by atoms with Gasteiger partial charge in [-0.1, -0.05) is 34.1 Å². The van der Waals surface area contributed by atoms with Crippen LogP contribution in [0.5, 0.6) is 0 Å². The molecule has 0 saturated carbocycles. The Morgan fingerprint density at radius 2 is 1.71 bits per heavy atom. The molecule has 2 aromatic heterocycles.